The Balaban J connectivity index is 3.25. The van der Waals surface area contributed by atoms with Crippen molar-refractivity contribution >= 4 is 7.82 Å². The number of aliphatic hydroxyl groups excluding tert-OH is 1. The summed E-state index contributed by atoms with van der Waals surface area (Å²) in [6.07, 6.45) is 19.0. The number of unbranched alkanes of at least 4 members (excludes halogenated alkanes) is 11. The molecule has 0 spiro atoms. The number of phosphoric acid groups is 1. The molecular formula is C18H37O5P. The van der Waals surface area contributed by atoms with Gasteiger partial charge in [0, 0.05) is 0 Å². The molecule has 0 saturated heterocycles. The zero-order valence-corrected chi connectivity index (χ0v) is 16.1. The summed E-state index contributed by atoms with van der Waals surface area (Å²) in [7, 11) is -4.57. The van der Waals surface area contributed by atoms with Gasteiger partial charge in [0.05, 0.1) is 0 Å². The second-order valence-corrected chi connectivity index (χ2v) is 7.62. The van der Waals surface area contributed by atoms with E-state index in [0.717, 1.165) is 32.1 Å². The van der Waals surface area contributed by atoms with Gasteiger partial charge in [0.15, 0.2) is 6.29 Å². The van der Waals surface area contributed by atoms with E-state index in [1.54, 1.807) is 0 Å². The van der Waals surface area contributed by atoms with Crippen molar-refractivity contribution in [3.63, 3.8) is 0 Å². The van der Waals surface area contributed by atoms with E-state index in [1.807, 2.05) is 0 Å². The van der Waals surface area contributed by atoms with Crippen LogP contribution in [0.2, 0.25) is 0 Å². The van der Waals surface area contributed by atoms with Gasteiger partial charge in [0.25, 0.3) is 0 Å². The van der Waals surface area contributed by atoms with Crippen LogP contribution in [0.5, 0.6) is 0 Å². The van der Waals surface area contributed by atoms with Crippen molar-refractivity contribution in [2.45, 2.75) is 103 Å². The van der Waals surface area contributed by atoms with E-state index in [9.17, 15) is 9.67 Å². The lowest BCUT2D eigenvalue weighted by molar-refractivity contribution is -0.0426. The fraction of sp³-hybridized carbons (Fsp3) is 0.889. The smallest absolute Gasteiger partial charge is 0.367 e. The molecular weight excluding hydrogens is 327 g/mol. The predicted molar refractivity (Wildman–Crippen MR) is 98.6 cm³/mol. The fourth-order valence-corrected chi connectivity index (χ4v) is 3.02. The lowest BCUT2D eigenvalue weighted by atomic mass is 10.1. The van der Waals surface area contributed by atoms with E-state index in [1.165, 1.54) is 51.4 Å². The van der Waals surface area contributed by atoms with Gasteiger partial charge < -0.3 is 14.9 Å². The van der Waals surface area contributed by atoms with Crippen molar-refractivity contribution in [2.75, 3.05) is 0 Å². The number of phosphoric ester groups is 1. The molecule has 0 aromatic rings. The van der Waals surface area contributed by atoms with Crippen LogP contribution in [-0.4, -0.2) is 21.2 Å². The van der Waals surface area contributed by atoms with E-state index < -0.39 is 14.1 Å². The molecule has 6 heteroatoms. The standard InChI is InChI=1S/C18H37O5P/c1-2-3-4-5-6-7-8-9-10-11-12-13-14-15-16-17-18(19)23-24(20,21)22/h9-10,18-19H,2-8,11-17H2,1H3,(H2,20,21,22). The maximum absolute atomic E-state index is 10.5. The Morgan fingerprint density at radius 3 is 1.79 bits per heavy atom. The first kappa shape index (κ1) is 23.8. The van der Waals surface area contributed by atoms with Crippen LogP contribution in [0, 0.1) is 0 Å². The molecule has 0 saturated carbocycles. The van der Waals surface area contributed by atoms with Crippen molar-refractivity contribution < 1.29 is 24.0 Å². The molecule has 0 aliphatic heterocycles. The molecule has 144 valence electrons. The Kier molecular flexibility index (Phi) is 16.2. The van der Waals surface area contributed by atoms with Crippen LogP contribution in [-0.2, 0) is 9.09 Å². The van der Waals surface area contributed by atoms with Gasteiger partial charge in [-0.05, 0) is 38.5 Å². The van der Waals surface area contributed by atoms with Crippen LogP contribution < -0.4 is 0 Å². The summed E-state index contributed by atoms with van der Waals surface area (Å²) in [5.41, 5.74) is 0. The second kappa shape index (κ2) is 16.3. The Bertz CT molecular complexity index is 340. The zero-order chi connectivity index (χ0) is 18.1. The molecule has 3 N–H and O–H groups in total. The topological polar surface area (TPSA) is 87.0 Å². The van der Waals surface area contributed by atoms with Crippen molar-refractivity contribution in [1.29, 1.82) is 0 Å². The van der Waals surface area contributed by atoms with Crippen LogP contribution in [0.3, 0.4) is 0 Å². The average molecular weight is 364 g/mol. The number of allylic oxidation sites excluding steroid dienone is 2. The molecule has 5 nitrogen and oxygen atoms in total. The maximum atomic E-state index is 10.5. The molecule has 1 unspecified atom stereocenters. The Labute approximate surface area is 147 Å². The van der Waals surface area contributed by atoms with Gasteiger partial charge >= 0.3 is 7.82 Å². The Hall–Kier alpha value is -0.190. The minimum Gasteiger partial charge on any atom is -0.367 e. The van der Waals surface area contributed by atoms with Crippen molar-refractivity contribution in [2.24, 2.45) is 0 Å². The molecule has 0 heterocycles. The molecule has 24 heavy (non-hydrogen) atoms. The molecule has 1 atom stereocenters. The fourth-order valence-electron chi connectivity index (χ4n) is 2.60. The molecule has 0 amide bonds. The van der Waals surface area contributed by atoms with E-state index >= 15 is 0 Å². The Morgan fingerprint density at radius 1 is 0.833 bits per heavy atom. The maximum Gasteiger partial charge on any atom is 0.471 e. The molecule has 0 rings (SSSR count). The minimum atomic E-state index is -4.57. The van der Waals surface area contributed by atoms with Crippen LogP contribution in [0.25, 0.3) is 0 Å². The van der Waals surface area contributed by atoms with Crippen LogP contribution in [0.4, 0.5) is 0 Å². The number of hydrogen-bond donors (Lipinski definition) is 3. The van der Waals surface area contributed by atoms with E-state index in [0.29, 0.717) is 0 Å². The number of hydrogen-bond acceptors (Lipinski definition) is 3. The summed E-state index contributed by atoms with van der Waals surface area (Å²) in [5, 5.41) is 9.27. The Morgan fingerprint density at radius 2 is 1.29 bits per heavy atom. The zero-order valence-electron chi connectivity index (χ0n) is 15.2. The van der Waals surface area contributed by atoms with Gasteiger partial charge in [-0.3, -0.25) is 4.52 Å². The largest absolute Gasteiger partial charge is 0.471 e. The van der Waals surface area contributed by atoms with E-state index in [4.69, 9.17) is 9.79 Å². The lowest BCUT2D eigenvalue weighted by Crippen LogP contribution is -2.09. The summed E-state index contributed by atoms with van der Waals surface area (Å²) in [5.74, 6) is 0. The first-order valence-corrected chi connectivity index (χ1v) is 11.1. The summed E-state index contributed by atoms with van der Waals surface area (Å²) >= 11 is 0. The second-order valence-electron chi connectivity index (χ2n) is 6.42. The third-order valence-electron chi connectivity index (χ3n) is 3.97. The lowest BCUT2D eigenvalue weighted by Gasteiger charge is -2.11. The van der Waals surface area contributed by atoms with Gasteiger partial charge in [-0.2, -0.15) is 0 Å². The van der Waals surface area contributed by atoms with E-state index in [2.05, 4.69) is 23.6 Å². The van der Waals surface area contributed by atoms with Gasteiger partial charge in [-0.15, -0.1) is 0 Å². The van der Waals surface area contributed by atoms with E-state index in [-0.39, 0.29) is 6.42 Å². The van der Waals surface area contributed by atoms with Crippen molar-refractivity contribution in [3.05, 3.63) is 12.2 Å². The first-order chi connectivity index (χ1) is 11.5. The average Bonchev–Trinajstić information content (AvgIpc) is 2.49. The molecule has 0 aromatic carbocycles. The number of rotatable bonds is 17. The monoisotopic (exact) mass is 364 g/mol. The highest BCUT2D eigenvalue weighted by atomic mass is 31.2. The van der Waals surface area contributed by atoms with Gasteiger partial charge in [0.1, 0.15) is 0 Å². The summed E-state index contributed by atoms with van der Waals surface area (Å²) in [6, 6.07) is 0. The van der Waals surface area contributed by atoms with Crippen LogP contribution >= 0.6 is 7.82 Å². The normalized spacial score (nSPS) is 13.7. The summed E-state index contributed by atoms with van der Waals surface area (Å²) in [4.78, 5) is 17.1. The van der Waals surface area contributed by atoms with Crippen LogP contribution in [0.1, 0.15) is 96.8 Å². The molecule has 0 aromatic heterocycles. The summed E-state index contributed by atoms with van der Waals surface area (Å²) in [6.45, 7) is 2.24. The summed E-state index contributed by atoms with van der Waals surface area (Å²) < 4.78 is 14.7. The third-order valence-corrected chi connectivity index (χ3v) is 4.49. The highest BCUT2D eigenvalue weighted by Crippen LogP contribution is 2.37. The predicted octanol–water partition coefficient (Wildman–Crippen LogP) is 5.45. The highest BCUT2D eigenvalue weighted by molar-refractivity contribution is 7.46. The molecule has 0 bridgehead atoms. The molecule has 0 radical (unpaired) electrons. The highest BCUT2D eigenvalue weighted by Gasteiger charge is 2.19. The van der Waals surface area contributed by atoms with Crippen molar-refractivity contribution in [3.8, 4) is 0 Å². The van der Waals surface area contributed by atoms with Gasteiger partial charge in [0.2, 0.25) is 0 Å². The van der Waals surface area contributed by atoms with Gasteiger partial charge in [-0.25, -0.2) is 4.57 Å². The van der Waals surface area contributed by atoms with Crippen LogP contribution in [0.15, 0.2) is 12.2 Å². The first-order valence-electron chi connectivity index (χ1n) is 9.52. The third kappa shape index (κ3) is 19.9. The van der Waals surface area contributed by atoms with Gasteiger partial charge in [-0.1, -0.05) is 70.4 Å². The number of aliphatic hydroxyl groups is 1. The minimum absolute atomic E-state index is 0.267. The quantitative estimate of drug-likeness (QED) is 0.138. The molecule has 0 fully saturated rings. The molecule has 0 aliphatic carbocycles. The SMILES string of the molecule is CCCCCCCCC=CCCCCCCCC(O)OP(=O)(O)O. The van der Waals surface area contributed by atoms with Crippen molar-refractivity contribution in [1.82, 2.24) is 0 Å². The molecule has 0 aliphatic rings.